The van der Waals surface area contributed by atoms with Gasteiger partial charge < -0.3 is 15.2 Å². The molecular formula is C15H29Cl2N5O. The van der Waals surface area contributed by atoms with Gasteiger partial charge in [-0.05, 0) is 44.8 Å². The first-order valence-corrected chi connectivity index (χ1v) is 8.18. The minimum absolute atomic E-state index is 0. The Balaban J connectivity index is 0.00000132. The molecule has 23 heavy (non-hydrogen) atoms. The van der Waals surface area contributed by atoms with Crippen LogP contribution in [0.15, 0.2) is 4.52 Å². The van der Waals surface area contributed by atoms with Crippen LogP contribution in [0, 0.1) is 11.8 Å². The summed E-state index contributed by atoms with van der Waals surface area (Å²) in [6, 6.07) is 0.241. The molecule has 0 aliphatic carbocycles. The molecule has 1 aromatic heterocycles. The van der Waals surface area contributed by atoms with E-state index < -0.39 is 0 Å². The van der Waals surface area contributed by atoms with Gasteiger partial charge in [0.1, 0.15) is 0 Å². The molecule has 0 saturated carbocycles. The molecule has 8 heteroatoms. The summed E-state index contributed by atoms with van der Waals surface area (Å²) in [4.78, 5) is 6.94. The molecule has 0 spiro atoms. The van der Waals surface area contributed by atoms with Gasteiger partial charge in [0, 0.05) is 26.1 Å². The van der Waals surface area contributed by atoms with E-state index in [2.05, 4.69) is 39.6 Å². The van der Waals surface area contributed by atoms with Crippen molar-refractivity contribution in [1.29, 1.82) is 0 Å². The number of likely N-dealkylation sites (N-methyl/N-ethyl adjacent to an activating group) is 1. The van der Waals surface area contributed by atoms with E-state index >= 15 is 0 Å². The summed E-state index contributed by atoms with van der Waals surface area (Å²) in [6.07, 6.45) is 3.43. The number of nitrogens with one attached hydrogen (secondary N) is 2. The molecule has 134 valence electrons. The summed E-state index contributed by atoms with van der Waals surface area (Å²) in [5, 5.41) is 11.0. The van der Waals surface area contributed by atoms with E-state index in [0.717, 1.165) is 56.8 Å². The second-order valence-corrected chi connectivity index (χ2v) is 6.52. The number of aromatic nitrogens is 2. The van der Waals surface area contributed by atoms with E-state index in [1.54, 1.807) is 0 Å². The molecule has 1 aromatic rings. The van der Waals surface area contributed by atoms with E-state index in [1.165, 1.54) is 12.8 Å². The van der Waals surface area contributed by atoms with Gasteiger partial charge in [-0.3, -0.25) is 4.90 Å². The van der Waals surface area contributed by atoms with Gasteiger partial charge in [-0.2, -0.15) is 4.98 Å². The summed E-state index contributed by atoms with van der Waals surface area (Å²) in [5.41, 5.74) is 0. The number of hydrogen-bond acceptors (Lipinski definition) is 6. The highest BCUT2D eigenvalue weighted by molar-refractivity contribution is 5.85. The van der Waals surface area contributed by atoms with Crippen LogP contribution < -0.4 is 10.6 Å². The number of rotatable bonds is 4. The molecule has 6 nitrogen and oxygen atoms in total. The van der Waals surface area contributed by atoms with Crippen molar-refractivity contribution >= 4 is 24.8 Å². The highest BCUT2D eigenvalue weighted by atomic mass is 35.5. The maximum Gasteiger partial charge on any atom is 0.226 e. The molecule has 0 bridgehead atoms. The minimum Gasteiger partial charge on any atom is -0.339 e. The Morgan fingerprint density at radius 3 is 2.65 bits per heavy atom. The molecular weight excluding hydrogens is 337 g/mol. The van der Waals surface area contributed by atoms with Crippen LogP contribution in [0.2, 0.25) is 0 Å². The zero-order chi connectivity index (χ0) is 14.7. The lowest BCUT2D eigenvalue weighted by Crippen LogP contribution is -2.44. The summed E-state index contributed by atoms with van der Waals surface area (Å²) >= 11 is 0. The minimum atomic E-state index is 0. The Kier molecular flexibility index (Phi) is 8.79. The van der Waals surface area contributed by atoms with Gasteiger partial charge in [-0.15, -0.1) is 24.8 Å². The average Bonchev–Trinajstić information content (AvgIpc) is 2.97. The molecule has 2 atom stereocenters. The summed E-state index contributed by atoms with van der Waals surface area (Å²) < 4.78 is 5.50. The quantitative estimate of drug-likeness (QED) is 0.845. The first-order chi connectivity index (χ1) is 10.2. The van der Waals surface area contributed by atoms with Gasteiger partial charge in [0.05, 0.1) is 6.04 Å². The largest absolute Gasteiger partial charge is 0.339 e. The van der Waals surface area contributed by atoms with Gasteiger partial charge in [0.25, 0.3) is 0 Å². The SMILES string of the molecule is CC(Cc1nc(C2CNCCN2C)no1)C1CCNCC1.Cl.Cl. The Bertz CT molecular complexity index is 453. The third kappa shape index (κ3) is 5.29. The molecule has 0 radical (unpaired) electrons. The monoisotopic (exact) mass is 365 g/mol. The van der Waals surface area contributed by atoms with E-state index in [4.69, 9.17) is 4.52 Å². The van der Waals surface area contributed by atoms with Crippen LogP contribution in [0.5, 0.6) is 0 Å². The third-order valence-corrected chi connectivity index (χ3v) is 4.98. The van der Waals surface area contributed by atoms with Crippen molar-refractivity contribution in [3.8, 4) is 0 Å². The molecule has 3 rings (SSSR count). The molecule has 2 unspecified atom stereocenters. The molecule has 0 aromatic carbocycles. The maximum atomic E-state index is 5.50. The summed E-state index contributed by atoms with van der Waals surface area (Å²) in [6.45, 7) is 7.56. The molecule has 0 amide bonds. The van der Waals surface area contributed by atoms with Crippen LogP contribution in [-0.4, -0.2) is 54.8 Å². The lowest BCUT2D eigenvalue weighted by Gasteiger charge is -2.30. The highest BCUT2D eigenvalue weighted by Crippen LogP contribution is 2.25. The number of piperazine rings is 1. The molecule has 2 aliphatic heterocycles. The first kappa shape index (κ1) is 20.6. The van der Waals surface area contributed by atoms with Crippen molar-refractivity contribution in [3.05, 3.63) is 11.7 Å². The second kappa shape index (κ2) is 9.79. The van der Waals surface area contributed by atoms with Gasteiger partial charge in [-0.25, -0.2) is 0 Å². The molecule has 3 heterocycles. The number of piperidine rings is 1. The van der Waals surface area contributed by atoms with E-state index in [0.29, 0.717) is 5.92 Å². The van der Waals surface area contributed by atoms with E-state index in [-0.39, 0.29) is 30.9 Å². The van der Waals surface area contributed by atoms with E-state index in [9.17, 15) is 0 Å². The smallest absolute Gasteiger partial charge is 0.226 e. The average molecular weight is 366 g/mol. The molecule has 2 fully saturated rings. The Morgan fingerprint density at radius 1 is 1.22 bits per heavy atom. The van der Waals surface area contributed by atoms with Gasteiger partial charge in [0.15, 0.2) is 5.82 Å². The maximum absolute atomic E-state index is 5.50. The highest BCUT2D eigenvalue weighted by Gasteiger charge is 2.27. The van der Waals surface area contributed by atoms with Gasteiger partial charge >= 0.3 is 0 Å². The fourth-order valence-corrected chi connectivity index (χ4v) is 3.44. The van der Waals surface area contributed by atoms with Crippen molar-refractivity contribution in [2.24, 2.45) is 11.8 Å². The molecule has 2 N–H and O–H groups in total. The normalized spacial score (nSPS) is 24.5. The third-order valence-electron chi connectivity index (χ3n) is 4.98. The zero-order valence-electron chi connectivity index (χ0n) is 14.0. The number of nitrogens with zero attached hydrogens (tertiary/aromatic N) is 3. The standard InChI is InChI=1S/C15H27N5O.2ClH/c1-11(12-3-5-16-6-4-12)9-14-18-15(19-21-14)13-10-17-7-8-20(13)2;;/h11-13,16-17H,3-10H2,1-2H3;2*1H. The number of halogens is 2. The first-order valence-electron chi connectivity index (χ1n) is 8.18. The predicted molar refractivity (Wildman–Crippen MR) is 95.5 cm³/mol. The van der Waals surface area contributed by atoms with E-state index in [1.807, 2.05) is 0 Å². The lowest BCUT2D eigenvalue weighted by atomic mass is 9.84. The summed E-state index contributed by atoms with van der Waals surface area (Å²) in [5.74, 6) is 3.02. The van der Waals surface area contributed by atoms with Crippen molar-refractivity contribution in [1.82, 2.24) is 25.7 Å². The second-order valence-electron chi connectivity index (χ2n) is 6.52. The van der Waals surface area contributed by atoms with Crippen LogP contribution in [0.4, 0.5) is 0 Å². The van der Waals surface area contributed by atoms with Gasteiger partial charge in [-0.1, -0.05) is 12.1 Å². The van der Waals surface area contributed by atoms with Crippen LogP contribution in [0.3, 0.4) is 0 Å². The van der Waals surface area contributed by atoms with Crippen LogP contribution in [-0.2, 0) is 6.42 Å². The Labute approximate surface area is 151 Å². The zero-order valence-corrected chi connectivity index (χ0v) is 15.6. The number of hydrogen-bond donors (Lipinski definition) is 2. The van der Waals surface area contributed by atoms with Crippen molar-refractivity contribution in [2.75, 3.05) is 39.8 Å². The molecule has 2 saturated heterocycles. The topological polar surface area (TPSA) is 66.2 Å². The molecule has 2 aliphatic rings. The lowest BCUT2D eigenvalue weighted by molar-refractivity contribution is 0.190. The van der Waals surface area contributed by atoms with Crippen molar-refractivity contribution in [2.45, 2.75) is 32.2 Å². The Hall–Kier alpha value is -0.400. The fraction of sp³-hybridized carbons (Fsp3) is 0.867. The van der Waals surface area contributed by atoms with Gasteiger partial charge in [0.2, 0.25) is 5.89 Å². The Morgan fingerprint density at radius 2 is 1.96 bits per heavy atom. The van der Waals surface area contributed by atoms with Crippen molar-refractivity contribution < 1.29 is 4.52 Å². The summed E-state index contributed by atoms with van der Waals surface area (Å²) in [7, 11) is 2.12. The predicted octanol–water partition coefficient (Wildman–Crippen LogP) is 1.67. The fourth-order valence-electron chi connectivity index (χ4n) is 3.44. The van der Waals surface area contributed by atoms with Crippen LogP contribution in [0.1, 0.15) is 37.5 Å². The van der Waals surface area contributed by atoms with Crippen LogP contribution in [0.25, 0.3) is 0 Å². The van der Waals surface area contributed by atoms with Crippen molar-refractivity contribution in [3.63, 3.8) is 0 Å². The van der Waals surface area contributed by atoms with Crippen LogP contribution >= 0.6 is 24.8 Å².